The molecule has 6 nitrogen and oxygen atoms in total. The summed E-state index contributed by atoms with van der Waals surface area (Å²) in [7, 11) is 0. The highest BCUT2D eigenvalue weighted by Crippen LogP contribution is 2.30. The van der Waals surface area contributed by atoms with Crippen molar-refractivity contribution < 1.29 is 23.8 Å². The Kier molecular flexibility index (Phi) is 5.78. The lowest BCUT2D eigenvalue weighted by Gasteiger charge is -2.14. The lowest BCUT2D eigenvalue weighted by atomic mass is 10.2. The number of esters is 1. The summed E-state index contributed by atoms with van der Waals surface area (Å²) in [5.74, 6) is 0.0955. The molecular formula is C19H18BrNO5. The molecule has 1 unspecified atom stereocenters. The van der Waals surface area contributed by atoms with Gasteiger partial charge in [-0.05, 0) is 49.4 Å². The molecule has 1 aliphatic heterocycles. The number of nitrogens with one attached hydrogen (secondary N) is 1. The lowest BCUT2D eigenvalue weighted by Crippen LogP contribution is -2.30. The van der Waals surface area contributed by atoms with E-state index in [1.54, 1.807) is 30.3 Å². The highest BCUT2D eigenvalue weighted by molar-refractivity contribution is 9.10. The van der Waals surface area contributed by atoms with Gasteiger partial charge in [0.05, 0.1) is 18.8 Å². The van der Waals surface area contributed by atoms with Crippen LogP contribution >= 0.6 is 15.9 Å². The van der Waals surface area contributed by atoms with Crippen LogP contribution < -0.4 is 14.8 Å². The molecule has 0 bridgehead atoms. The number of anilines is 1. The molecule has 7 heteroatoms. The van der Waals surface area contributed by atoms with E-state index in [0.717, 1.165) is 10.9 Å². The van der Waals surface area contributed by atoms with Gasteiger partial charge in [0.1, 0.15) is 0 Å². The van der Waals surface area contributed by atoms with Crippen molar-refractivity contribution in [3.05, 3.63) is 52.5 Å². The molecule has 0 saturated heterocycles. The van der Waals surface area contributed by atoms with Gasteiger partial charge in [-0.2, -0.15) is 0 Å². The molecule has 0 aliphatic carbocycles. The molecule has 0 saturated carbocycles. The second kappa shape index (κ2) is 8.23. The van der Waals surface area contributed by atoms with E-state index in [9.17, 15) is 9.59 Å². The van der Waals surface area contributed by atoms with Gasteiger partial charge in [0, 0.05) is 16.6 Å². The molecule has 1 amide bonds. The fourth-order valence-corrected chi connectivity index (χ4v) is 2.61. The highest BCUT2D eigenvalue weighted by atomic mass is 79.9. The van der Waals surface area contributed by atoms with Crippen molar-refractivity contribution in [2.45, 2.75) is 19.4 Å². The van der Waals surface area contributed by atoms with Crippen LogP contribution in [-0.2, 0) is 9.53 Å². The van der Waals surface area contributed by atoms with E-state index in [2.05, 4.69) is 21.2 Å². The highest BCUT2D eigenvalue weighted by Gasteiger charge is 2.21. The molecule has 136 valence electrons. The van der Waals surface area contributed by atoms with Crippen molar-refractivity contribution in [2.24, 2.45) is 0 Å². The van der Waals surface area contributed by atoms with Crippen LogP contribution in [0.3, 0.4) is 0 Å². The Morgan fingerprint density at radius 3 is 2.50 bits per heavy atom. The van der Waals surface area contributed by atoms with Gasteiger partial charge < -0.3 is 19.5 Å². The smallest absolute Gasteiger partial charge is 0.339 e. The zero-order valence-corrected chi connectivity index (χ0v) is 15.7. The van der Waals surface area contributed by atoms with E-state index in [4.69, 9.17) is 14.2 Å². The normalized spacial score (nSPS) is 14.1. The van der Waals surface area contributed by atoms with E-state index in [1.807, 2.05) is 12.1 Å². The Morgan fingerprint density at radius 2 is 1.77 bits per heavy atom. The van der Waals surface area contributed by atoms with Crippen molar-refractivity contribution in [1.29, 1.82) is 0 Å². The topological polar surface area (TPSA) is 73.9 Å². The van der Waals surface area contributed by atoms with Crippen molar-refractivity contribution in [3.63, 3.8) is 0 Å². The number of halogens is 1. The van der Waals surface area contributed by atoms with E-state index in [-0.39, 0.29) is 0 Å². The molecule has 2 aromatic rings. The average Bonchev–Trinajstić information content (AvgIpc) is 2.88. The molecule has 1 heterocycles. The number of hydrogen-bond acceptors (Lipinski definition) is 5. The minimum Gasteiger partial charge on any atom is -0.490 e. The maximum Gasteiger partial charge on any atom is 0.339 e. The van der Waals surface area contributed by atoms with Crippen molar-refractivity contribution >= 4 is 33.5 Å². The summed E-state index contributed by atoms with van der Waals surface area (Å²) in [5, 5.41) is 2.70. The van der Waals surface area contributed by atoms with Crippen LogP contribution in [-0.4, -0.2) is 31.2 Å². The average molecular weight is 420 g/mol. The van der Waals surface area contributed by atoms with Gasteiger partial charge in [-0.3, -0.25) is 4.79 Å². The Labute approximate surface area is 159 Å². The molecule has 0 aromatic heterocycles. The summed E-state index contributed by atoms with van der Waals surface area (Å²) < 4.78 is 17.3. The third-order valence-corrected chi connectivity index (χ3v) is 4.28. The number of carbonyl (C=O) groups is 2. The summed E-state index contributed by atoms with van der Waals surface area (Å²) in [6.45, 7) is 2.62. The fourth-order valence-electron chi connectivity index (χ4n) is 2.35. The SMILES string of the molecule is CC(OC(=O)c1ccc2c(c1)OCCCO2)C(=O)Nc1ccc(Br)cc1. The van der Waals surface area contributed by atoms with Crippen LogP contribution in [0.5, 0.6) is 11.5 Å². The van der Waals surface area contributed by atoms with Crippen molar-refractivity contribution in [1.82, 2.24) is 0 Å². The summed E-state index contributed by atoms with van der Waals surface area (Å²) in [6, 6.07) is 12.0. The summed E-state index contributed by atoms with van der Waals surface area (Å²) >= 11 is 3.33. The molecule has 0 fully saturated rings. The third kappa shape index (κ3) is 4.54. The number of rotatable bonds is 4. The van der Waals surface area contributed by atoms with Crippen molar-refractivity contribution in [2.75, 3.05) is 18.5 Å². The molecule has 26 heavy (non-hydrogen) atoms. The van der Waals surface area contributed by atoms with Crippen LogP contribution in [0.1, 0.15) is 23.7 Å². The third-order valence-electron chi connectivity index (χ3n) is 3.75. The first-order valence-electron chi connectivity index (χ1n) is 8.20. The van der Waals surface area contributed by atoms with Crippen molar-refractivity contribution in [3.8, 4) is 11.5 Å². The van der Waals surface area contributed by atoms with Gasteiger partial charge in [-0.1, -0.05) is 15.9 Å². The minimum absolute atomic E-state index is 0.303. The fraction of sp³-hybridized carbons (Fsp3) is 0.263. The van der Waals surface area contributed by atoms with Crippen LogP contribution in [0, 0.1) is 0 Å². The van der Waals surface area contributed by atoms with Gasteiger partial charge in [0.25, 0.3) is 5.91 Å². The standard InChI is InChI=1S/C19H18BrNO5/c1-12(18(22)21-15-6-4-14(20)5-7-15)26-19(23)13-3-8-16-17(11-13)25-10-2-9-24-16/h3-8,11-12H,2,9-10H2,1H3,(H,21,22). The monoisotopic (exact) mass is 419 g/mol. The number of benzene rings is 2. The first kappa shape index (κ1) is 18.3. The maximum atomic E-state index is 12.3. The summed E-state index contributed by atoms with van der Waals surface area (Å²) in [6.07, 6.45) is -0.163. The predicted molar refractivity (Wildman–Crippen MR) is 99.7 cm³/mol. The lowest BCUT2D eigenvalue weighted by molar-refractivity contribution is -0.123. The number of ether oxygens (including phenoxy) is 3. The maximum absolute atomic E-state index is 12.3. The van der Waals surface area contributed by atoms with E-state index >= 15 is 0 Å². The molecule has 3 rings (SSSR count). The predicted octanol–water partition coefficient (Wildman–Crippen LogP) is 3.79. The minimum atomic E-state index is -0.942. The van der Waals surface area contributed by atoms with E-state index < -0.39 is 18.0 Å². The second-order valence-corrected chi connectivity index (χ2v) is 6.67. The Balaban J connectivity index is 1.62. The van der Waals surface area contributed by atoms with Gasteiger partial charge in [-0.25, -0.2) is 4.79 Å². The van der Waals surface area contributed by atoms with Gasteiger partial charge in [0.2, 0.25) is 0 Å². The largest absolute Gasteiger partial charge is 0.490 e. The van der Waals surface area contributed by atoms with Crippen LogP contribution in [0.2, 0.25) is 0 Å². The van der Waals surface area contributed by atoms with Crippen LogP contribution in [0.25, 0.3) is 0 Å². The molecule has 1 N–H and O–H groups in total. The van der Waals surface area contributed by atoms with Gasteiger partial charge >= 0.3 is 5.97 Å². The quantitative estimate of drug-likeness (QED) is 0.762. The zero-order chi connectivity index (χ0) is 18.5. The number of fused-ring (bicyclic) bond motifs is 1. The summed E-state index contributed by atoms with van der Waals surface area (Å²) in [4.78, 5) is 24.5. The van der Waals surface area contributed by atoms with Crippen LogP contribution in [0.4, 0.5) is 5.69 Å². The van der Waals surface area contributed by atoms with E-state index in [1.165, 1.54) is 6.92 Å². The molecule has 2 aromatic carbocycles. The molecule has 1 atom stereocenters. The zero-order valence-electron chi connectivity index (χ0n) is 14.2. The van der Waals surface area contributed by atoms with Gasteiger partial charge in [0.15, 0.2) is 17.6 Å². The molecule has 0 spiro atoms. The van der Waals surface area contributed by atoms with Crippen LogP contribution in [0.15, 0.2) is 46.9 Å². The molecular weight excluding hydrogens is 402 g/mol. The van der Waals surface area contributed by atoms with E-state index in [0.29, 0.717) is 36.0 Å². The number of carbonyl (C=O) groups excluding carboxylic acids is 2. The molecule has 1 aliphatic rings. The first-order valence-corrected chi connectivity index (χ1v) is 8.99. The first-order chi connectivity index (χ1) is 12.5. The Morgan fingerprint density at radius 1 is 1.08 bits per heavy atom. The van der Waals surface area contributed by atoms with Gasteiger partial charge in [-0.15, -0.1) is 0 Å². The number of amides is 1. The molecule has 0 radical (unpaired) electrons. The number of hydrogen-bond donors (Lipinski definition) is 1. The Bertz CT molecular complexity index is 806. The Hall–Kier alpha value is -2.54. The second-order valence-electron chi connectivity index (χ2n) is 5.76. The summed E-state index contributed by atoms with van der Waals surface area (Å²) in [5.41, 5.74) is 0.925.